The molecule has 0 spiro atoms. The lowest BCUT2D eigenvalue weighted by Crippen LogP contribution is -2.14. The van der Waals surface area contributed by atoms with E-state index in [0.717, 1.165) is 17.5 Å². The van der Waals surface area contributed by atoms with Crippen molar-refractivity contribution >= 4 is 0 Å². The van der Waals surface area contributed by atoms with Gasteiger partial charge >= 0.3 is 0 Å². The van der Waals surface area contributed by atoms with Gasteiger partial charge in [-0.3, -0.25) is 0 Å². The highest BCUT2D eigenvalue weighted by atomic mass is 19.1. The molecular weight excluding hydrogens is 237 g/mol. The van der Waals surface area contributed by atoms with Gasteiger partial charge in [-0.25, -0.2) is 4.39 Å². The first-order valence-electron chi connectivity index (χ1n) is 6.54. The largest absolute Gasteiger partial charge is 0.324 e. The third-order valence-corrected chi connectivity index (χ3v) is 3.44. The summed E-state index contributed by atoms with van der Waals surface area (Å²) in [5, 5.41) is 0. The van der Waals surface area contributed by atoms with Gasteiger partial charge in [-0.15, -0.1) is 0 Å². The van der Waals surface area contributed by atoms with Crippen LogP contribution in [0.25, 0.3) is 0 Å². The fraction of sp³-hybridized carbons (Fsp3) is 0.294. The van der Waals surface area contributed by atoms with E-state index in [1.807, 2.05) is 13.0 Å². The number of benzene rings is 2. The predicted molar refractivity (Wildman–Crippen MR) is 77.7 cm³/mol. The molecule has 0 saturated carbocycles. The van der Waals surface area contributed by atoms with Gasteiger partial charge in [0.15, 0.2) is 0 Å². The Morgan fingerprint density at radius 1 is 1.00 bits per heavy atom. The minimum Gasteiger partial charge on any atom is -0.324 e. The average Bonchev–Trinajstić information content (AvgIpc) is 2.32. The Bertz CT molecular complexity index is 570. The van der Waals surface area contributed by atoms with Gasteiger partial charge in [0.1, 0.15) is 5.82 Å². The lowest BCUT2D eigenvalue weighted by atomic mass is 9.95. The van der Waals surface area contributed by atoms with E-state index in [0.29, 0.717) is 0 Å². The van der Waals surface area contributed by atoms with Gasteiger partial charge in [0.2, 0.25) is 0 Å². The summed E-state index contributed by atoms with van der Waals surface area (Å²) in [4.78, 5) is 0. The van der Waals surface area contributed by atoms with Crippen LogP contribution in [0.2, 0.25) is 0 Å². The van der Waals surface area contributed by atoms with E-state index >= 15 is 0 Å². The maximum atomic E-state index is 13.4. The van der Waals surface area contributed by atoms with Crippen molar-refractivity contribution in [1.82, 2.24) is 0 Å². The normalized spacial score (nSPS) is 12.5. The summed E-state index contributed by atoms with van der Waals surface area (Å²) in [7, 11) is 0. The smallest absolute Gasteiger partial charge is 0.123 e. The first-order valence-corrected chi connectivity index (χ1v) is 6.54. The fourth-order valence-corrected chi connectivity index (χ4v) is 2.35. The molecule has 0 bridgehead atoms. The number of hydrogen-bond donors (Lipinski definition) is 1. The van der Waals surface area contributed by atoms with Gasteiger partial charge in [0, 0.05) is 6.04 Å². The van der Waals surface area contributed by atoms with E-state index in [1.165, 1.54) is 28.8 Å². The molecule has 0 saturated heterocycles. The standard InChI is InChI=1S/C17H20FN/c1-11-4-5-13(3)14(6-11)10-17(19)15-7-12(2)8-16(18)9-15/h4-9,17H,10,19H2,1-3H3. The second kappa shape index (κ2) is 5.54. The lowest BCUT2D eigenvalue weighted by Gasteiger charge is -2.15. The van der Waals surface area contributed by atoms with Gasteiger partial charge in [0.25, 0.3) is 0 Å². The van der Waals surface area contributed by atoms with Crippen LogP contribution in [0, 0.1) is 26.6 Å². The molecule has 0 aromatic heterocycles. The van der Waals surface area contributed by atoms with Crippen molar-refractivity contribution in [2.45, 2.75) is 33.2 Å². The van der Waals surface area contributed by atoms with Crippen LogP contribution in [0.15, 0.2) is 36.4 Å². The van der Waals surface area contributed by atoms with Gasteiger partial charge in [-0.05, 0) is 61.6 Å². The van der Waals surface area contributed by atoms with Crippen molar-refractivity contribution in [3.05, 3.63) is 70.0 Å². The van der Waals surface area contributed by atoms with Crippen LogP contribution in [0.1, 0.15) is 33.9 Å². The van der Waals surface area contributed by atoms with Gasteiger partial charge in [0.05, 0.1) is 0 Å². The van der Waals surface area contributed by atoms with E-state index in [9.17, 15) is 4.39 Å². The molecule has 2 aromatic carbocycles. The first kappa shape index (κ1) is 13.8. The summed E-state index contributed by atoms with van der Waals surface area (Å²) in [5.74, 6) is -0.216. The molecule has 2 aromatic rings. The van der Waals surface area contributed by atoms with Crippen molar-refractivity contribution in [2.75, 3.05) is 0 Å². The van der Waals surface area contributed by atoms with E-state index < -0.39 is 0 Å². The quantitative estimate of drug-likeness (QED) is 0.884. The van der Waals surface area contributed by atoms with Crippen molar-refractivity contribution < 1.29 is 4.39 Å². The molecule has 2 heteroatoms. The molecule has 0 aliphatic heterocycles. The molecule has 100 valence electrons. The topological polar surface area (TPSA) is 26.0 Å². The van der Waals surface area contributed by atoms with E-state index in [-0.39, 0.29) is 11.9 Å². The van der Waals surface area contributed by atoms with Crippen molar-refractivity contribution in [1.29, 1.82) is 0 Å². The molecule has 2 rings (SSSR count). The molecule has 1 atom stereocenters. The highest BCUT2D eigenvalue weighted by Crippen LogP contribution is 2.21. The zero-order valence-corrected chi connectivity index (χ0v) is 11.7. The molecule has 1 unspecified atom stereocenters. The van der Waals surface area contributed by atoms with Crippen LogP contribution in [-0.4, -0.2) is 0 Å². The monoisotopic (exact) mass is 257 g/mol. The minimum atomic E-state index is -0.216. The summed E-state index contributed by atoms with van der Waals surface area (Å²) in [6, 6.07) is 11.2. The maximum absolute atomic E-state index is 13.4. The molecule has 0 aliphatic rings. The highest BCUT2D eigenvalue weighted by molar-refractivity contribution is 5.33. The van der Waals surface area contributed by atoms with Crippen LogP contribution < -0.4 is 5.73 Å². The van der Waals surface area contributed by atoms with Crippen molar-refractivity contribution in [2.24, 2.45) is 5.73 Å². The molecule has 1 nitrogen and oxygen atoms in total. The Balaban J connectivity index is 2.25. The van der Waals surface area contributed by atoms with Crippen LogP contribution in [0.5, 0.6) is 0 Å². The molecule has 19 heavy (non-hydrogen) atoms. The molecular formula is C17H20FN. The highest BCUT2D eigenvalue weighted by Gasteiger charge is 2.10. The molecule has 0 fully saturated rings. The van der Waals surface area contributed by atoms with Gasteiger partial charge in [-0.2, -0.15) is 0 Å². The average molecular weight is 257 g/mol. The molecule has 0 radical (unpaired) electrons. The molecule has 0 heterocycles. The number of halogens is 1. The van der Waals surface area contributed by atoms with E-state index in [4.69, 9.17) is 5.73 Å². The summed E-state index contributed by atoms with van der Waals surface area (Å²) in [6.07, 6.45) is 0.733. The lowest BCUT2D eigenvalue weighted by molar-refractivity contribution is 0.617. The predicted octanol–water partition coefficient (Wildman–Crippen LogP) is 3.99. The third kappa shape index (κ3) is 3.42. The van der Waals surface area contributed by atoms with Gasteiger partial charge in [-0.1, -0.05) is 29.8 Å². The fourth-order valence-electron chi connectivity index (χ4n) is 2.35. The molecule has 2 N–H and O–H groups in total. The second-order valence-corrected chi connectivity index (χ2v) is 5.30. The Labute approximate surface area is 114 Å². The summed E-state index contributed by atoms with van der Waals surface area (Å²) >= 11 is 0. The minimum absolute atomic E-state index is 0.171. The number of aryl methyl sites for hydroxylation is 3. The Morgan fingerprint density at radius 3 is 2.42 bits per heavy atom. The zero-order valence-electron chi connectivity index (χ0n) is 11.7. The SMILES string of the molecule is Cc1cc(F)cc(C(N)Cc2cc(C)ccc2C)c1. The first-order chi connectivity index (χ1) is 8.95. The summed E-state index contributed by atoms with van der Waals surface area (Å²) in [6.45, 7) is 6.04. The second-order valence-electron chi connectivity index (χ2n) is 5.30. The Kier molecular flexibility index (Phi) is 4.01. The maximum Gasteiger partial charge on any atom is 0.123 e. The van der Waals surface area contributed by atoms with Crippen molar-refractivity contribution in [3.8, 4) is 0 Å². The third-order valence-electron chi connectivity index (χ3n) is 3.44. The van der Waals surface area contributed by atoms with Crippen LogP contribution in [-0.2, 0) is 6.42 Å². The Hall–Kier alpha value is -1.67. The van der Waals surface area contributed by atoms with Crippen molar-refractivity contribution in [3.63, 3.8) is 0 Å². The molecule has 0 amide bonds. The van der Waals surface area contributed by atoms with Gasteiger partial charge < -0.3 is 5.73 Å². The number of rotatable bonds is 3. The van der Waals surface area contributed by atoms with Crippen LogP contribution in [0.3, 0.4) is 0 Å². The number of hydrogen-bond acceptors (Lipinski definition) is 1. The van der Waals surface area contributed by atoms with Crippen LogP contribution in [0.4, 0.5) is 4.39 Å². The number of nitrogens with two attached hydrogens (primary N) is 1. The van der Waals surface area contributed by atoms with E-state index in [2.05, 4.69) is 32.0 Å². The van der Waals surface area contributed by atoms with E-state index in [1.54, 1.807) is 0 Å². The molecule has 0 aliphatic carbocycles. The van der Waals surface area contributed by atoms with Crippen LogP contribution >= 0.6 is 0 Å². The Morgan fingerprint density at radius 2 is 1.74 bits per heavy atom. The summed E-state index contributed by atoms with van der Waals surface area (Å²) in [5.41, 5.74) is 11.7. The summed E-state index contributed by atoms with van der Waals surface area (Å²) < 4.78 is 13.4. The zero-order chi connectivity index (χ0) is 14.0.